The quantitative estimate of drug-likeness (QED) is 0.798. The summed E-state index contributed by atoms with van der Waals surface area (Å²) < 4.78 is 20.4. The van der Waals surface area contributed by atoms with E-state index in [-0.39, 0.29) is 5.82 Å². The van der Waals surface area contributed by atoms with Crippen LogP contribution in [-0.2, 0) is 17.8 Å². The molecule has 20 heavy (non-hydrogen) atoms. The Labute approximate surface area is 123 Å². The molecule has 2 N–H and O–H groups in total. The van der Waals surface area contributed by atoms with Gasteiger partial charge in [0.2, 0.25) is 0 Å². The summed E-state index contributed by atoms with van der Waals surface area (Å²) in [5.41, 5.74) is 6.82. The predicted octanol–water partition coefficient (Wildman–Crippen LogP) is 2.97. The van der Waals surface area contributed by atoms with Crippen LogP contribution in [0.25, 0.3) is 10.1 Å². The zero-order chi connectivity index (χ0) is 14.5. The van der Waals surface area contributed by atoms with Crippen molar-refractivity contribution in [2.24, 2.45) is 5.73 Å². The van der Waals surface area contributed by atoms with Crippen molar-refractivity contribution in [1.29, 1.82) is 0 Å². The average molecular weight is 296 g/mol. The lowest BCUT2D eigenvalue weighted by molar-refractivity contribution is 0.120. The first-order valence-corrected chi connectivity index (χ1v) is 7.64. The number of hydrogen-bond acceptors (Lipinski definition) is 4. The van der Waals surface area contributed by atoms with E-state index in [0.29, 0.717) is 19.7 Å². The highest BCUT2D eigenvalue weighted by Gasteiger charge is 2.15. The molecular formula is C15H21FN2OS. The maximum atomic E-state index is 14.1. The minimum atomic E-state index is -0.161. The summed E-state index contributed by atoms with van der Waals surface area (Å²) >= 11 is 1.59. The van der Waals surface area contributed by atoms with E-state index in [0.717, 1.165) is 33.7 Å². The van der Waals surface area contributed by atoms with Gasteiger partial charge in [-0.15, -0.1) is 11.3 Å². The van der Waals surface area contributed by atoms with Crippen LogP contribution in [0.1, 0.15) is 17.4 Å². The van der Waals surface area contributed by atoms with Crippen LogP contribution in [0.5, 0.6) is 0 Å². The smallest absolute Gasteiger partial charge is 0.132 e. The Kier molecular flexibility index (Phi) is 5.48. The number of rotatable bonds is 7. The molecule has 2 rings (SSSR count). The van der Waals surface area contributed by atoms with Crippen LogP contribution in [0.2, 0.25) is 0 Å². The molecule has 0 fully saturated rings. The molecule has 0 aliphatic heterocycles. The van der Waals surface area contributed by atoms with Crippen LogP contribution in [0.15, 0.2) is 18.2 Å². The Morgan fingerprint density at radius 3 is 2.90 bits per heavy atom. The lowest BCUT2D eigenvalue weighted by Crippen LogP contribution is -2.23. The second kappa shape index (κ2) is 7.13. The molecule has 1 aromatic carbocycles. The average Bonchev–Trinajstić information content (AvgIpc) is 2.78. The highest BCUT2D eigenvalue weighted by molar-refractivity contribution is 7.19. The Morgan fingerprint density at radius 1 is 1.40 bits per heavy atom. The maximum absolute atomic E-state index is 14.1. The number of likely N-dealkylation sites (N-methyl/N-ethyl adjacent to an activating group) is 1. The Balaban J connectivity index is 2.23. The minimum absolute atomic E-state index is 0.161. The second-order valence-corrected chi connectivity index (χ2v) is 5.89. The van der Waals surface area contributed by atoms with E-state index in [4.69, 9.17) is 10.5 Å². The lowest BCUT2D eigenvalue weighted by Gasteiger charge is -2.17. The fraction of sp³-hybridized carbons (Fsp3) is 0.467. The molecule has 0 aliphatic rings. The lowest BCUT2D eigenvalue weighted by atomic mass is 10.1. The van der Waals surface area contributed by atoms with E-state index in [1.807, 2.05) is 20.0 Å². The fourth-order valence-corrected chi connectivity index (χ4v) is 3.37. The molecular weight excluding hydrogens is 275 g/mol. The van der Waals surface area contributed by atoms with Crippen molar-refractivity contribution in [1.82, 2.24) is 4.90 Å². The van der Waals surface area contributed by atoms with E-state index in [9.17, 15) is 4.39 Å². The molecule has 1 aromatic heterocycles. The standard InChI is InChI=1S/C15H21FN2OS/c1-3-19-8-7-18(2)10-11-14(9-17)20-13-6-4-5-12(16)15(11)13/h4-6H,3,7-10,17H2,1-2H3. The molecule has 0 atom stereocenters. The van der Waals surface area contributed by atoms with Crippen LogP contribution in [0.4, 0.5) is 4.39 Å². The van der Waals surface area contributed by atoms with Gasteiger partial charge in [-0.3, -0.25) is 4.90 Å². The molecule has 0 saturated carbocycles. The molecule has 2 aromatic rings. The number of benzene rings is 1. The molecule has 0 radical (unpaired) electrons. The minimum Gasteiger partial charge on any atom is -0.380 e. The third-order valence-corrected chi connectivity index (χ3v) is 4.50. The van der Waals surface area contributed by atoms with Crippen molar-refractivity contribution < 1.29 is 9.13 Å². The number of halogens is 1. The number of hydrogen-bond donors (Lipinski definition) is 1. The largest absolute Gasteiger partial charge is 0.380 e. The summed E-state index contributed by atoms with van der Waals surface area (Å²) in [5.74, 6) is -0.161. The van der Waals surface area contributed by atoms with Crippen molar-refractivity contribution in [3.8, 4) is 0 Å². The summed E-state index contributed by atoms with van der Waals surface area (Å²) in [6.45, 7) is 5.36. The summed E-state index contributed by atoms with van der Waals surface area (Å²) in [6.07, 6.45) is 0. The number of ether oxygens (including phenoxy) is 1. The number of fused-ring (bicyclic) bond motifs is 1. The molecule has 110 valence electrons. The summed E-state index contributed by atoms with van der Waals surface area (Å²) in [5, 5.41) is 0.723. The zero-order valence-corrected chi connectivity index (χ0v) is 12.8. The summed E-state index contributed by atoms with van der Waals surface area (Å²) in [7, 11) is 2.02. The van der Waals surface area contributed by atoms with Crippen LogP contribution in [0, 0.1) is 5.82 Å². The molecule has 0 spiro atoms. The van der Waals surface area contributed by atoms with Crippen molar-refractivity contribution in [3.63, 3.8) is 0 Å². The first-order valence-electron chi connectivity index (χ1n) is 6.82. The number of nitrogens with two attached hydrogens (primary N) is 1. The van der Waals surface area contributed by atoms with Gasteiger partial charge in [0.1, 0.15) is 5.82 Å². The van der Waals surface area contributed by atoms with Gasteiger partial charge in [0.15, 0.2) is 0 Å². The maximum Gasteiger partial charge on any atom is 0.132 e. The van der Waals surface area contributed by atoms with Gasteiger partial charge in [-0.25, -0.2) is 4.39 Å². The van der Waals surface area contributed by atoms with E-state index >= 15 is 0 Å². The fourth-order valence-electron chi connectivity index (χ4n) is 2.26. The molecule has 0 unspecified atom stereocenters. The van der Waals surface area contributed by atoms with Gasteiger partial charge in [0, 0.05) is 41.2 Å². The Bertz CT molecular complexity index is 570. The topological polar surface area (TPSA) is 38.5 Å². The molecule has 0 saturated heterocycles. The molecule has 3 nitrogen and oxygen atoms in total. The number of nitrogens with zero attached hydrogens (tertiary/aromatic N) is 1. The normalized spacial score (nSPS) is 11.7. The Hall–Kier alpha value is -1.01. The highest BCUT2D eigenvalue weighted by atomic mass is 32.1. The van der Waals surface area contributed by atoms with Crippen LogP contribution >= 0.6 is 11.3 Å². The molecule has 5 heteroatoms. The predicted molar refractivity (Wildman–Crippen MR) is 82.5 cm³/mol. The van der Waals surface area contributed by atoms with Crippen LogP contribution in [0.3, 0.4) is 0 Å². The van der Waals surface area contributed by atoms with Gasteiger partial charge in [-0.1, -0.05) is 6.07 Å². The van der Waals surface area contributed by atoms with Gasteiger partial charge >= 0.3 is 0 Å². The van der Waals surface area contributed by atoms with E-state index in [1.165, 1.54) is 6.07 Å². The summed E-state index contributed by atoms with van der Waals surface area (Å²) in [4.78, 5) is 3.20. The van der Waals surface area contributed by atoms with Gasteiger partial charge in [0.25, 0.3) is 0 Å². The van der Waals surface area contributed by atoms with Crippen molar-refractivity contribution in [2.75, 3.05) is 26.8 Å². The zero-order valence-electron chi connectivity index (χ0n) is 12.0. The van der Waals surface area contributed by atoms with Gasteiger partial charge in [-0.2, -0.15) is 0 Å². The van der Waals surface area contributed by atoms with Gasteiger partial charge < -0.3 is 10.5 Å². The Morgan fingerprint density at radius 2 is 2.20 bits per heavy atom. The second-order valence-electron chi connectivity index (χ2n) is 4.76. The van der Waals surface area contributed by atoms with Crippen LogP contribution in [-0.4, -0.2) is 31.7 Å². The first kappa shape index (κ1) is 15.4. The van der Waals surface area contributed by atoms with Gasteiger partial charge in [-0.05, 0) is 31.7 Å². The molecule has 0 amide bonds. The highest BCUT2D eigenvalue weighted by Crippen LogP contribution is 2.33. The third-order valence-electron chi connectivity index (χ3n) is 3.28. The van der Waals surface area contributed by atoms with E-state index in [1.54, 1.807) is 17.4 Å². The van der Waals surface area contributed by atoms with Crippen LogP contribution < -0.4 is 5.73 Å². The molecule has 0 aliphatic carbocycles. The van der Waals surface area contributed by atoms with E-state index in [2.05, 4.69) is 4.90 Å². The SMILES string of the molecule is CCOCCN(C)Cc1c(CN)sc2cccc(F)c12. The monoisotopic (exact) mass is 296 g/mol. The third kappa shape index (κ3) is 3.35. The number of thiophene rings is 1. The van der Waals surface area contributed by atoms with Gasteiger partial charge in [0.05, 0.1) is 6.61 Å². The van der Waals surface area contributed by atoms with Crippen molar-refractivity contribution >= 4 is 21.4 Å². The first-order chi connectivity index (χ1) is 9.67. The molecule has 1 heterocycles. The van der Waals surface area contributed by atoms with E-state index < -0.39 is 0 Å². The molecule has 0 bridgehead atoms. The van der Waals surface area contributed by atoms with Crippen molar-refractivity contribution in [2.45, 2.75) is 20.0 Å². The summed E-state index contributed by atoms with van der Waals surface area (Å²) in [6, 6.07) is 5.21. The van der Waals surface area contributed by atoms with Crippen molar-refractivity contribution in [3.05, 3.63) is 34.5 Å².